The highest BCUT2D eigenvalue weighted by atomic mass is 79.9. The van der Waals surface area contributed by atoms with Crippen LogP contribution in [0.1, 0.15) is 11.1 Å². The highest BCUT2D eigenvalue weighted by Gasteiger charge is 2.14. The van der Waals surface area contributed by atoms with Crippen molar-refractivity contribution in [3.63, 3.8) is 0 Å². The second-order valence-electron chi connectivity index (χ2n) is 6.14. The molecule has 2 heterocycles. The number of aliphatic carboxylic acids is 1. The Balaban J connectivity index is 1.81. The monoisotopic (exact) mass is 429 g/mol. The second kappa shape index (κ2) is 6.78. The van der Waals surface area contributed by atoms with Crippen LogP contribution >= 0.6 is 27.3 Å². The van der Waals surface area contributed by atoms with E-state index in [2.05, 4.69) is 38.0 Å². The zero-order valence-corrected chi connectivity index (χ0v) is 16.4. The first-order valence-corrected chi connectivity index (χ1v) is 9.75. The number of hydrogen-bond acceptors (Lipinski definition) is 3. The molecular weight excluding hydrogens is 414 g/mol. The van der Waals surface area contributed by atoms with Crippen molar-refractivity contribution < 1.29 is 14.6 Å². The van der Waals surface area contributed by atoms with Gasteiger partial charge >= 0.3 is 5.97 Å². The lowest BCUT2D eigenvalue weighted by molar-refractivity contribution is -0.136. The predicted octanol–water partition coefficient (Wildman–Crippen LogP) is 5.30. The smallest absolute Gasteiger partial charge is 0.307 e. The summed E-state index contributed by atoms with van der Waals surface area (Å²) in [5, 5.41) is 13.5. The Labute approximate surface area is 162 Å². The molecule has 2 aromatic heterocycles. The van der Waals surface area contributed by atoms with Crippen molar-refractivity contribution in [2.24, 2.45) is 0 Å². The van der Waals surface area contributed by atoms with Gasteiger partial charge in [-0.25, -0.2) is 0 Å². The molecule has 1 N–H and O–H groups in total. The number of rotatable bonds is 5. The molecule has 26 heavy (non-hydrogen) atoms. The first kappa shape index (κ1) is 17.1. The van der Waals surface area contributed by atoms with E-state index in [9.17, 15) is 9.90 Å². The number of thiophene rings is 1. The molecule has 0 atom stereocenters. The van der Waals surface area contributed by atoms with Gasteiger partial charge in [-0.15, -0.1) is 11.3 Å². The molecule has 0 unspecified atom stereocenters. The number of halogens is 1. The summed E-state index contributed by atoms with van der Waals surface area (Å²) in [5.74, 6) is 0.0137. The van der Waals surface area contributed by atoms with Crippen LogP contribution in [0, 0.1) is 0 Å². The van der Waals surface area contributed by atoms with Crippen LogP contribution in [-0.2, 0) is 17.8 Å². The van der Waals surface area contributed by atoms with Gasteiger partial charge in [-0.2, -0.15) is 0 Å². The summed E-state index contributed by atoms with van der Waals surface area (Å²) < 4.78 is 9.64. The number of carboxylic acid groups (broad SMARTS) is 1. The Hall–Kier alpha value is -2.31. The van der Waals surface area contributed by atoms with E-state index in [1.807, 2.05) is 30.5 Å². The minimum absolute atomic E-state index is 0.0121. The fourth-order valence-electron chi connectivity index (χ4n) is 3.27. The summed E-state index contributed by atoms with van der Waals surface area (Å²) in [6.07, 6.45) is 1.97. The average Bonchev–Trinajstić information content (AvgIpc) is 3.16. The van der Waals surface area contributed by atoms with Crippen LogP contribution in [0.5, 0.6) is 5.75 Å². The predicted molar refractivity (Wildman–Crippen MR) is 108 cm³/mol. The lowest BCUT2D eigenvalue weighted by Gasteiger charge is -2.06. The largest absolute Gasteiger partial charge is 0.497 e. The van der Waals surface area contributed by atoms with E-state index in [-0.39, 0.29) is 6.42 Å². The Morgan fingerprint density at radius 1 is 1.19 bits per heavy atom. The molecule has 0 saturated carbocycles. The van der Waals surface area contributed by atoms with Crippen molar-refractivity contribution in [1.29, 1.82) is 0 Å². The van der Waals surface area contributed by atoms with Crippen LogP contribution in [0.25, 0.3) is 21.0 Å². The molecule has 0 fully saturated rings. The fraction of sp³-hybridized carbons (Fsp3) is 0.150. The molecule has 4 rings (SSSR count). The minimum atomic E-state index is -0.824. The van der Waals surface area contributed by atoms with Gasteiger partial charge in [0.15, 0.2) is 0 Å². The van der Waals surface area contributed by atoms with Gasteiger partial charge in [0.25, 0.3) is 0 Å². The van der Waals surface area contributed by atoms with E-state index in [1.54, 1.807) is 18.4 Å². The van der Waals surface area contributed by atoms with Crippen LogP contribution in [0.2, 0.25) is 0 Å². The van der Waals surface area contributed by atoms with Gasteiger partial charge in [-0.3, -0.25) is 4.79 Å². The Bertz CT molecular complexity index is 1130. The molecule has 132 valence electrons. The van der Waals surface area contributed by atoms with E-state index < -0.39 is 5.97 Å². The third-order valence-electron chi connectivity index (χ3n) is 4.47. The summed E-state index contributed by atoms with van der Waals surface area (Å²) in [7, 11) is 1.67. The molecule has 2 aromatic carbocycles. The topological polar surface area (TPSA) is 51.5 Å². The third kappa shape index (κ3) is 3.10. The standard InChI is InChI=1S/C20H16BrNO3S/c1-25-15-3-5-19-17(8-15)13(11-26-19)10-22-9-12(6-20(23)24)16-7-14(21)2-4-18(16)22/h2-5,7-9,11H,6,10H2,1H3,(H,23,24). The molecule has 4 aromatic rings. The third-order valence-corrected chi connectivity index (χ3v) is 5.97. The number of nitrogens with zero attached hydrogens (tertiary/aromatic N) is 1. The highest BCUT2D eigenvalue weighted by molar-refractivity contribution is 9.10. The summed E-state index contributed by atoms with van der Waals surface area (Å²) in [5.41, 5.74) is 3.06. The Morgan fingerprint density at radius 2 is 2.04 bits per heavy atom. The molecule has 0 amide bonds. The quantitative estimate of drug-likeness (QED) is 0.467. The fourth-order valence-corrected chi connectivity index (χ4v) is 4.57. The van der Waals surface area contributed by atoms with Crippen LogP contribution in [-0.4, -0.2) is 22.8 Å². The molecule has 0 spiro atoms. The van der Waals surface area contributed by atoms with E-state index in [1.165, 1.54) is 15.6 Å². The van der Waals surface area contributed by atoms with Crippen molar-refractivity contribution >= 4 is 54.2 Å². The minimum Gasteiger partial charge on any atom is -0.497 e. The molecular formula is C20H16BrNO3S. The van der Waals surface area contributed by atoms with E-state index in [4.69, 9.17) is 4.74 Å². The van der Waals surface area contributed by atoms with E-state index >= 15 is 0 Å². The number of methoxy groups -OCH3 is 1. The van der Waals surface area contributed by atoms with Crippen LogP contribution in [0.4, 0.5) is 0 Å². The lowest BCUT2D eigenvalue weighted by Crippen LogP contribution is -2.00. The molecule has 0 radical (unpaired) electrons. The molecule has 0 aliphatic heterocycles. The van der Waals surface area contributed by atoms with Crippen LogP contribution in [0.3, 0.4) is 0 Å². The average molecular weight is 430 g/mol. The molecule has 0 aliphatic carbocycles. The molecule has 4 nitrogen and oxygen atoms in total. The molecule has 6 heteroatoms. The van der Waals surface area contributed by atoms with E-state index in [0.717, 1.165) is 26.7 Å². The Morgan fingerprint density at radius 3 is 2.81 bits per heavy atom. The lowest BCUT2D eigenvalue weighted by atomic mass is 10.1. The second-order valence-corrected chi connectivity index (χ2v) is 7.96. The van der Waals surface area contributed by atoms with Gasteiger partial charge in [-0.1, -0.05) is 15.9 Å². The number of ether oxygens (including phenoxy) is 1. The summed E-state index contributed by atoms with van der Waals surface area (Å²) in [6, 6.07) is 12.1. The van der Waals surface area contributed by atoms with Gasteiger partial charge in [0.1, 0.15) is 5.75 Å². The number of aromatic nitrogens is 1. The normalized spacial score (nSPS) is 11.3. The van der Waals surface area contributed by atoms with Crippen molar-refractivity contribution in [2.45, 2.75) is 13.0 Å². The summed E-state index contributed by atoms with van der Waals surface area (Å²) in [4.78, 5) is 11.2. The summed E-state index contributed by atoms with van der Waals surface area (Å²) >= 11 is 5.19. The number of carbonyl (C=O) groups is 1. The number of hydrogen-bond donors (Lipinski definition) is 1. The van der Waals surface area contributed by atoms with Crippen LogP contribution in [0.15, 0.2) is 52.4 Å². The molecule has 0 aliphatic rings. The number of carboxylic acids is 1. The van der Waals surface area contributed by atoms with Crippen molar-refractivity contribution in [3.8, 4) is 5.75 Å². The van der Waals surface area contributed by atoms with Gasteiger partial charge < -0.3 is 14.4 Å². The first-order valence-electron chi connectivity index (χ1n) is 8.08. The van der Waals surface area contributed by atoms with Gasteiger partial charge in [-0.05, 0) is 52.9 Å². The maximum absolute atomic E-state index is 11.2. The van der Waals surface area contributed by atoms with Gasteiger partial charge in [0.05, 0.1) is 13.5 Å². The van der Waals surface area contributed by atoms with Crippen molar-refractivity contribution in [3.05, 3.63) is 63.6 Å². The van der Waals surface area contributed by atoms with Crippen molar-refractivity contribution in [1.82, 2.24) is 4.57 Å². The Kier molecular flexibility index (Phi) is 4.46. The van der Waals surface area contributed by atoms with Gasteiger partial charge in [0, 0.05) is 38.2 Å². The maximum atomic E-state index is 11.2. The first-order chi connectivity index (χ1) is 12.5. The van der Waals surface area contributed by atoms with Crippen LogP contribution < -0.4 is 4.74 Å². The van der Waals surface area contributed by atoms with Crippen molar-refractivity contribution in [2.75, 3.05) is 7.11 Å². The number of benzene rings is 2. The van der Waals surface area contributed by atoms with E-state index in [0.29, 0.717) is 6.54 Å². The SMILES string of the molecule is COc1ccc2scc(Cn3cc(CC(=O)O)c4cc(Br)ccc43)c2c1. The zero-order valence-electron chi connectivity index (χ0n) is 14.0. The number of fused-ring (bicyclic) bond motifs is 2. The van der Waals surface area contributed by atoms with Gasteiger partial charge in [0.2, 0.25) is 0 Å². The highest BCUT2D eigenvalue weighted by Crippen LogP contribution is 2.32. The molecule has 0 bridgehead atoms. The zero-order chi connectivity index (χ0) is 18.3. The summed E-state index contributed by atoms with van der Waals surface area (Å²) in [6.45, 7) is 0.685. The maximum Gasteiger partial charge on any atom is 0.307 e. The molecule has 0 saturated heterocycles.